The van der Waals surface area contributed by atoms with Crippen LogP contribution in [0.4, 0.5) is 9.59 Å². The Balaban J connectivity index is 1.41. The van der Waals surface area contributed by atoms with Crippen molar-refractivity contribution in [3.05, 3.63) is 71.8 Å². The standard InChI is InChI=1S/C20H22O7/c21-19(26-15-17-7-3-1-4-8-17)24-13-11-23-12-14-25-20(22)27-16-18-9-5-2-6-10-18/h1-10H,11-16H2. The number of rotatable bonds is 10. The van der Waals surface area contributed by atoms with Crippen molar-refractivity contribution in [2.24, 2.45) is 0 Å². The van der Waals surface area contributed by atoms with Crippen LogP contribution in [0.25, 0.3) is 0 Å². The van der Waals surface area contributed by atoms with Crippen LogP contribution in [0, 0.1) is 0 Å². The van der Waals surface area contributed by atoms with E-state index in [4.69, 9.17) is 23.7 Å². The predicted molar refractivity (Wildman–Crippen MR) is 96.0 cm³/mol. The third-order valence-electron chi connectivity index (χ3n) is 3.29. The minimum atomic E-state index is -0.761. The molecule has 0 aliphatic carbocycles. The van der Waals surface area contributed by atoms with Gasteiger partial charge in [-0.15, -0.1) is 0 Å². The van der Waals surface area contributed by atoms with E-state index < -0.39 is 12.3 Å². The second kappa shape index (κ2) is 12.3. The van der Waals surface area contributed by atoms with Crippen molar-refractivity contribution in [3.63, 3.8) is 0 Å². The fraction of sp³-hybridized carbons (Fsp3) is 0.300. The first-order valence-electron chi connectivity index (χ1n) is 8.49. The van der Waals surface area contributed by atoms with Crippen LogP contribution in [0.2, 0.25) is 0 Å². The topological polar surface area (TPSA) is 80.3 Å². The molecular weight excluding hydrogens is 352 g/mol. The maximum absolute atomic E-state index is 11.4. The molecule has 7 heteroatoms. The maximum Gasteiger partial charge on any atom is 0.508 e. The van der Waals surface area contributed by atoms with Gasteiger partial charge in [-0.3, -0.25) is 0 Å². The molecule has 2 aromatic rings. The lowest BCUT2D eigenvalue weighted by molar-refractivity contribution is 0.00320. The molecule has 0 bridgehead atoms. The molecule has 2 rings (SSSR count). The molecule has 0 N–H and O–H groups in total. The van der Waals surface area contributed by atoms with Gasteiger partial charge in [-0.1, -0.05) is 60.7 Å². The second-order valence-electron chi connectivity index (χ2n) is 5.36. The Morgan fingerprint density at radius 1 is 0.556 bits per heavy atom. The quantitative estimate of drug-likeness (QED) is 0.463. The van der Waals surface area contributed by atoms with E-state index in [2.05, 4.69) is 0 Å². The second-order valence-corrected chi connectivity index (χ2v) is 5.36. The highest BCUT2D eigenvalue weighted by Crippen LogP contribution is 2.02. The van der Waals surface area contributed by atoms with Crippen LogP contribution in [0.15, 0.2) is 60.7 Å². The van der Waals surface area contributed by atoms with Gasteiger partial charge in [0.2, 0.25) is 0 Å². The van der Waals surface area contributed by atoms with Crippen molar-refractivity contribution in [2.75, 3.05) is 26.4 Å². The van der Waals surface area contributed by atoms with E-state index in [1.807, 2.05) is 60.7 Å². The first-order valence-corrected chi connectivity index (χ1v) is 8.49. The van der Waals surface area contributed by atoms with Gasteiger partial charge < -0.3 is 23.7 Å². The molecule has 0 saturated heterocycles. The lowest BCUT2D eigenvalue weighted by Gasteiger charge is -2.08. The molecule has 27 heavy (non-hydrogen) atoms. The average Bonchev–Trinajstić information content (AvgIpc) is 2.71. The Morgan fingerprint density at radius 3 is 1.37 bits per heavy atom. The van der Waals surface area contributed by atoms with Crippen molar-refractivity contribution >= 4 is 12.3 Å². The van der Waals surface area contributed by atoms with Crippen molar-refractivity contribution in [2.45, 2.75) is 13.2 Å². The molecule has 0 aliphatic heterocycles. The van der Waals surface area contributed by atoms with Crippen LogP contribution in [0.5, 0.6) is 0 Å². The Kier molecular flexibility index (Phi) is 9.24. The molecule has 0 spiro atoms. The summed E-state index contributed by atoms with van der Waals surface area (Å²) in [4.78, 5) is 22.8. The average molecular weight is 374 g/mol. The van der Waals surface area contributed by atoms with E-state index in [1.54, 1.807) is 0 Å². The van der Waals surface area contributed by atoms with Gasteiger partial charge in [0.1, 0.15) is 26.4 Å². The van der Waals surface area contributed by atoms with E-state index in [9.17, 15) is 9.59 Å². The summed E-state index contributed by atoms with van der Waals surface area (Å²) in [7, 11) is 0. The zero-order valence-corrected chi connectivity index (χ0v) is 14.9. The molecule has 0 aromatic heterocycles. The van der Waals surface area contributed by atoms with E-state index in [0.717, 1.165) is 11.1 Å². The first kappa shape index (κ1) is 20.3. The van der Waals surface area contributed by atoms with E-state index in [0.29, 0.717) is 0 Å². The lowest BCUT2D eigenvalue weighted by Crippen LogP contribution is -2.15. The summed E-state index contributed by atoms with van der Waals surface area (Å²) < 4.78 is 24.8. The number of benzene rings is 2. The summed E-state index contributed by atoms with van der Waals surface area (Å²) in [6.07, 6.45) is -1.52. The molecule has 0 radical (unpaired) electrons. The molecule has 0 amide bonds. The van der Waals surface area contributed by atoms with Crippen LogP contribution in [0.3, 0.4) is 0 Å². The number of hydrogen-bond acceptors (Lipinski definition) is 7. The summed E-state index contributed by atoms with van der Waals surface area (Å²) in [6.45, 7) is 0.739. The molecule has 0 aliphatic rings. The van der Waals surface area contributed by atoms with Crippen LogP contribution in [0.1, 0.15) is 11.1 Å². The smallest absolute Gasteiger partial charge is 0.432 e. The van der Waals surface area contributed by atoms with Gasteiger partial charge in [0.15, 0.2) is 0 Å². The fourth-order valence-electron chi connectivity index (χ4n) is 1.99. The van der Waals surface area contributed by atoms with Gasteiger partial charge in [-0.25, -0.2) is 9.59 Å². The van der Waals surface area contributed by atoms with Gasteiger partial charge in [-0.05, 0) is 11.1 Å². The molecule has 0 saturated carbocycles. The first-order chi connectivity index (χ1) is 13.2. The van der Waals surface area contributed by atoms with Gasteiger partial charge in [0.25, 0.3) is 0 Å². The SMILES string of the molecule is O=C(OCCOCCOC(=O)OCc1ccccc1)OCc1ccccc1. The van der Waals surface area contributed by atoms with Gasteiger partial charge >= 0.3 is 12.3 Å². The highest BCUT2D eigenvalue weighted by Gasteiger charge is 2.05. The molecule has 2 aromatic carbocycles. The van der Waals surface area contributed by atoms with Crippen LogP contribution in [-0.2, 0) is 36.9 Å². The molecule has 7 nitrogen and oxygen atoms in total. The lowest BCUT2D eigenvalue weighted by atomic mass is 10.2. The van der Waals surface area contributed by atoms with E-state index in [1.165, 1.54) is 0 Å². The number of carbonyl (C=O) groups is 2. The minimum absolute atomic E-state index is 0.0477. The summed E-state index contributed by atoms with van der Waals surface area (Å²) in [5, 5.41) is 0. The summed E-state index contributed by atoms with van der Waals surface area (Å²) in [5.41, 5.74) is 1.75. The van der Waals surface area contributed by atoms with Crippen LogP contribution in [-0.4, -0.2) is 38.7 Å². The highest BCUT2D eigenvalue weighted by atomic mass is 16.7. The van der Waals surface area contributed by atoms with E-state index in [-0.39, 0.29) is 39.6 Å². The zero-order valence-electron chi connectivity index (χ0n) is 14.9. The third kappa shape index (κ3) is 9.27. The fourth-order valence-corrected chi connectivity index (χ4v) is 1.99. The predicted octanol–water partition coefficient (Wildman–Crippen LogP) is 3.71. The van der Waals surface area contributed by atoms with Gasteiger partial charge in [-0.2, -0.15) is 0 Å². The highest BCUT2D eigenvalue weighted by molar-refractivity contribution is 5.60. The van der Waals surface area contributed by atoms with Gasteiger partial charge in [0.05, 0.1) is 13.2 Å². The molecule has 0 unspecified atom stereocenters. The van der Waals surface area contributed by atoms with Crippen molar-refractivity contribution < 1.29 is 33.3 Å². The Labute approximate surface area is 157 Å². The maximum atomic E-state index is 11.4. The van der Waals surface area contributed by atoms with Crippen LogP contribution < -0.4 is 0 Å². The molecule has 0 atom stereocenters. The molecule has 0 fully saturated rings. The number of carbonyl (C=O) groups excluding carboxylic acids is 2. The third-order valence-corrected chi connectivity index (χ3v) is 3.29. The monoisotopic (exact) mass is 374 g/mol. The Bertz CT molecular complexity index is 614. The van der Waals surface area contributed by atoms with Crippen molar-refractivity contribution in [1.82, 2.24) is 0 Å². The number of hydrogen-bond donors (Lipinski definition) is 0. The largest absolute Gasteiger partial charge is 0.508 e. The normalized spacial score (nSPS) is 10.1. The molecule has 144 valence electrons. The van der Waals surface area contributed by atoms with Crippen molar-refractivity contribution in [1.29, 1.82) is 0 Å². The Hall–Kier alpha value is -3.06. The van der Waals surface area contributed by atoms with Crippen molar-refractivity contribution in [3.8, 4) is 0 Å². The molecular formula is C20H22O7. The Morgan fingerprint density at radius 2 is 0.963 bits per heavy atom. The summed E-state index contributed by atoms with van der Waals surface area (Å²) >= 11 is 0. The van der Waals surface area contributed by atoms with Gasteiger partial charge in [0, 0.05) is 0 Å². The van der Waals surface area contributed by atoms with Crippen LogP contribution >= 0.6 is 0 Å². The zero-order chi connectivity index (χ0) is 19.2. The molecule has 0 heterocycles. The summed E-state index contributed by atoms with van der Waals surface area (Å²) in [6, 6.07) is 18.6. The number of ether oxygens (including phenoxy) is 5. The summed E-state index contributed by atoms with van der Waals surface area (Å²) in [5.74, 6) is 0. The minimum Gasteiger partial charge on any atom is -0.432 e. The van der Waals surface area contributed by atoms with E-state index >= 15 is 0 Å².